The predicted molar refractivity (Wildman–Crippen MR) is 68.1 cm³/mol. The number of hydrogen-bond acceptors (Lipinski definition) is 4. The molecule has 0 bridgehead atoms. The van der Waals surface area contributed by atoms with Gasteiger partial charge >= 0.3 is 5.97 Å². The van der Waals surface area contributed by atoms with Crippen LogP contribution in [-0.2, 0) is 4.79 Å². The maximum Gasteiger partial charge on any atom is 0.313 e. The third-order valence-electron chi connectivity index (χ3n) is 2.38. The van der Waals surface area contributed by atoms with E-state index in [1.54, 1.807) is 14.1 Å². The molecule has 2 aromatic rings. The van der Waals surface area contributed by atoms with Gasteiger partial charge in [-0.15, -0.1) is 0 Å². The minimum absolute atomic E-state index is 0.00195. The molecular weight excluding hydrogens is 276 g/mol. The summed E-state index contributed by atoms with van der Waals surface area (Å²) in [5.74, 6) is -3.18. The summed E-state index contributed by atoms with van der Waals surface area (Å²) in [6.45, 7) is 0. The number of carboxylic acids is 1. The van der Waals surface area contributed by atoms with Crippen LogP contribution in [0.5, 0.6) is 0 Å². The van der Waals surface area contributed by atoms with Crippen LogP contribution in [0.4, 0.5) is 8.78 Å². The average Bonchev–Trinajstić information content (AvgIpc) is 2.70. The van der Waals surface area contributed by atoms with E-state index >= 15 is 0 Å². The highest BCUT2D eigenvalue weighted by Gasteiger charge is 2.19. The SMILES string of the molecule is CN(C)n1c(SCC(=O)O)nc2ccc(F)c(F)c21. The maximum atomic E-state index is 13.8. The van der Waals surface area contributed by atoms with Crippen molar-refractivity contribution in [2.45, 2.75) is 5.16 Å². The molecule has 0 unspecified atom stereocenters. The van der Waals surface area contributed by atoms with Gasteiger partial charge in [0.05, 0.1) is 11.3 Å². The fourth-order valence-electron chi connectivity index (χ4n) is 1.66. The highest BCUT2D eigenvalue weighted by molar-refractivity contribution is 7.99. The van der Waals surface area contributed by atoms with Crippen LogP contribution in [-0.4, -0.2) is 40.6 Å². The molecule has 0 aliphatic carbocycles. The van der Waals surface area contributed by atoms with Crippen LogP contribution in [0.1, 0.15) is 0 Å². The molecule has 1 heterocycles. The summed E-state index contributed by atoms with van der Waals surface area (Å²) in [6, 6.07) is 2.36. The smallest absolute Gasteiger partial charge is 0.313 e. The van der Waals surface area contributed by atoms with Crippen molar-refractivity contribution in [3.8, 4) is 0 Å². The van der Waals surface area contributed by atoms with E-state index < -0.39 is 17.6 Å². The summed E-state index contributed by atoms with van der Waals surface area (Å²) in [5.41, 5.74) is 0.276. The van der Waals surface area contributed by atoms with Crippen molar-refractivity contribution < 1.29 is 18.7 Å². The Kier molecular flexibility index (Phi) is 3.61. The number of halogens is 2. The Bertz CT molecular complexity index is 642. The number of imidazole rings is 1. The van der Waals surface area contributed by atoms with Crippen LogP contribution >= 0.6 is 11.8 Å². The molecule has 0 fully saturated rings. The van der Waals surface area contributed by atoms with Gasteiger partial charge in [-0.2, -0.15) is 0 Å². The topological polar surface area (TPSA) is 58.4 Å². The van der Waals surface area contributed by atoms with Gasteiger partial charge in [0.25, 0.3) is 0 Å². The van der Waals surface area contributed by atoms with Crippen molar-refractivity contribution in [3.63, 3.8) is 0 Å². The third kappa shape index (κ3) is 2.48. The summed E-state index contributed by atoms with van der Waals surface area (Å²) < 4.78 is 28.5. The van der Waals surface area contributed by atoms with E-state index in [2.05, 4.69) is 4.98 Å². The van der Waals surface area contributed by atoms with E-state index in [0.29, 0.717) is 5.16 Å². The van der Waals surface area contributed by atoms with Gasteiger partial charge in [-0.3, -0.25) is 4.79 Å². The quantitative estimate of drug-likeness (QED) is 0.867. The number of hydrogen-bond donors (Lipinski definition) is 1. The monoisotopic (exact) mass is 287 g/mol. The van der Waals surface area contributed by atoms with Crippen molar-refractivity contribution in [2.24, 2.45) is 0 Å². The lowest BCUT2D eigenvalue weighted by atomic mass is 10.3. The molecule has 0 aliphatic heterocycles. The first-order chi connectivity index (χ1) is 8.91. The fraction of sp³-hybridized carbons (Fsp3) is 0.273. The lowest BCUT2D eigenvalue weighted by Gasteiger charge is -2.17. The van der Waals surface area contributed by atoms with E-state index in [4.69, 9.17) is 5.11 Å². The molecule has 1 aromatic carbocycles. The second-order valence-electron chi connectivity index (χ2n) is 3.96. The Morgan fingerprint density at radius 1 is 1.47 bits per heavy atom. The molecule has 0 amide bonds. The van der Waals surface area contributed by atoms with E-state index in [1.165, 1.54) is 15.8 Å². The lowest BCUT2D eigenvalue weighted by Crippen LogP contribution is -2.26. The predicted octanol–water partition coefficient (Wildman–Crippen LogP) is 1.69. The maximum absolute atomic E-state index is 13.8. The molecule has 0 spiro atoms. The van der Waals surface area contributed by atoms with Crippen LogP contribution in [0.2, 0.25) is 0 Å². The molecular formula is C11H11F2N3O2S. The largest absolute Gasteiger partial charge is 0.481 e. The minimum atomic E-state index is -1.01. The van der Waals surface area contributed by atoms with Crippen LogP contribution in [0.25, 0.3) is 11.0 Å². The minimum Gasteiger partial charge on any atom is -0.481 e. The number of benzene rings is 1. The Morgan fingerprint density at radius 3 is 2.74 bits per heavy atom. The molecule has 0 saturated carbocycles. The third-order valence-corrected chi connectivity index (χ3v) is 3.30. The normalized spacial score (nSPS) is 10.9. The number of carboxylic acid groups (broad SMARTS) is 1. The number of fused-ring (bicyclic) bond motifs is 1. The van der Waals surface area contributed by atoms with Gasteiger partial charge in [0.1, 0.15) is 5.52 Å². The van der Waals surface area contributed by atoms with E-state index in [1.807, 2.05) is 0 Å². The van der Waals surface area contributed by atoms with Gasteiger partial charge in [-0.25, -0.2) is 18.4 Å². The van der Waals surface area contributed by atoms with Crippen molar-refractivity contribution in [1.29, 1.82) is 0 Å². The van der Waals surface area contributed by atoms with Gasteiger partial charge in [0.15, 0.2) is 16.8 Å². The van der Waals surface area contributed by atoms with E-state index in [-0.39, 0.29) is 16.8 Å². The zero-order chi connectivity index (χ0) is 14.2. The first-order valence-electron chi connectivity index (χ1n) is 5.30. The molecule has 102 valence electrons. The lowest BCUT2D eigenvalue weighted by molar-refractivity contribution is -0.133. The molecule has 0 radical (unpaired) electrons. The highest BCUT2D eigenvalue weighted by Crippen LogP contribution is 2.26. The molecule has 1 N–H and O–H groups in total. The van der Waals surface area contributed by atoms with Crippen LogP contribution in [0.3, 0.4) is 0 Å². The molecule has 8 heteroatoms. The molecule has 19 heavy (non-hydrogen) atoms. The Hall–Kier alpha value is -1.83. The second kappa shape index (κ2) is 5.04. The Labute approximate surface area is 111 Å². The molecule has 0 aliphatic rings. The van der Waals surface area contributed by atoms with Crippen molar-refractivity contribution in [1.82, 2.24) is 9.66 Å². The van der Waals surface area contributed by atoms with Crippen molar-refractivity contribution in [2.75, 3.05) is 24.9 Å². The molecule has 0 atom stereocenters. The van der Waals surface area contributed by atoms with E-state index in [9.17, 15) is 13.6 Å². The Balaban J connectivity index is 2.61. The zero-order valence-corrected chi connectivity index (χ0v) is 11.0. The van der Waals surface area contributed by atoms with Gasteiger partial charge < -0.3 is 10.1 Å². The standard InChI is InChI=1S/C11H11F2N3O2S/c1-15(2)16-10-7(4-3-6(12)9(10)13)14-11(16)19-5-8(17)18/h3-4H,5H2,1-2H3,(H,17,18). The van der Waals surface area contributed by atoms with Crippen molar-refractivity contribution >= 4 is 28.8 Å². The van der Waals surface area contributed by atoms with Gasteiger partial charge in [0.2, 0.25) is 0 Å². The summed E-state index contributed by atoms with van der Waals surface area (Å²) in [5, 5.41) is 10.5. The first kappa shape index (κ1) is 13.6. The van der Waals surface area contributed by atoms with Gasteiger partial charge in [-0.05, 0) is 12.1 Å². The molecule has 0 saturated heterocycles. The number of aliphatic carboxylic acids is 1. The average molecular weight is 287 g/mol. The summed E-state index contributed by atoms with van der Waals surface area (Å²) in [4.78, 5) is 14.7. The van der Waals surface area contributed by atoms with Crippen LogP contribution in [0.15, 0.2) is 17.3 Å². The Morgan fingerprint density at radius 2 is 2.16 bits per heavy atom. The van der Waals surface area contributed by atoms with Crippen molar-refractivity contribution in [3.05, 3.63) is 23.8 Å². The molecule has 2 rings (SSSR count). The summed E-state index contributed by atoms with van der Waals surface area (Å²) >= 11 is 0.945. The number of carbonyl (C=O) groups is 1. The van der Waals surface area contributed by atoms with Crippen LogP contribution < -0.4 is 5.01 Å². The highest BCUT2D eigenvalue weighted by atomic mass is 32.2. The molecule has 1 aromatic heterocycles. The van der Waals surface area contributed by atoms with Gasteiger partial charge in [-0.1, -0.05) is 11.8 Å². The number of rotatable bonds is 4. The first-order valence-corrected chi connectivity index (χ1v) is 6.29. The number of thioether (sulfide) groups is 1. The van der Waals surface area contributed by atoms with Gasteiger partial charge in [0, 0.05) is 14.1 Å². The zero-order valence-electron chi connectivity index (χ0n) is 10.2. The second-order valence-corrected chi connectivity index (χ2v) is 4.91. The number of nitrogens with zero attached hydrogens (tertiary/aromatic N) is 3. The summed E-state index contributed by atoms with van der Waals surface area (Å²) in [7, 11) is 3.27. The van der Waals surface area contributed by atoms with Crippen LogP contribution in [0, 0.1) is 11.6 Å². The van der Waals surface area contributed by atoms with E-state index in [0.717, 1.165) is 17.8 Å². The molecule has 5 nitrogen and oxygen atoms in total. The summed E-state index contributed by atoms with van der Waals surface area (Å²) in [6.07, 6.45) is 0. The fourth-order valence-corrected chi connectivity index (χ4v) is 2.45. The number of aromatic nitrogens is 2.